The van der Waals surface area contributed by atoms with Gasteiger partial charge in [-0.2, -0.15) is 0 Å². The number of phenols is 1. The normalized spacial score (nSPS) is 15.6. The van der Waals surface area contributed by atoms with Crippen LogP contribution in [0.1, 0.15) is 18.4 Å². The van der Waals surface area contributed by atoms with Crippen LogP contribution in [0.2, 0.25) is 0 Å². The van der Waals surface area contributed by atoms with Gasteiger partial charge in [0.1, 0.15) is 17.4 Å². The van der Waals surface area contributed by atoms with Crippen molar-refractivity contribution in [1.82, 2.24) is 9.97 Å². The van der Waals surface area contributed by atoms with Crippen LogP contribution in [0.4, 0.5) is 10.2 Å². The highest BCUT2D eigenvalue weighted by Gasteiger charge is 2.23. The summed E-state index contributed by atoms with van der Waals surface area (Å²) in [6.45, 7) is 3.31. The van der Waals surface area contributed by atoms with Crippen molar-refractivity contribution in [3.8, 4) is 17.1 Å². The largest absolute Gasteiger partial charge is 0.507 e. The van der Waals surface area contributed by atoms with Crippen molar-refractivity contribution in [2.24, 2.45) is 0 Å². The van der Waals surface area contributed by atoms with Crippen LogP contribution < -0.4 is 4.90 Å². The lowest BCUT2D eigenvalue weighted by molar-refractivity contribution is 0.145. The molecule has 134 valence electrons. The Kier molecular flexibility index (Phi) is 4.20. The highest BCUT2D eigenvalue weighted by atomic mass is 19.1. The molecule has 2 aromatic carbocycles. The van der Waals surface area contributed by atoms with E-state index in [-0.39, 0.29) is 23.2 Å². The average Bonchev–Trinajstić information content (AvgIpc) is 2.61. The van der Waals surface area contributed by atoms with Gasteiger partial charge in [-0.3, -0.25) is 0 Å². The number of aryl methyl sites for hydroxylation is 1. The van der Waals surface area contributed by atoms with Gasteiger partial charge in [-0.05, 0) is 49.6 Å². The van der Waals surface area contributed by atoms with Crippen molar-refractivity contribution in [3.63, 3.8) is 0 Å². The van der Waals surface area contributed by atoms with Gasteiger partial charge < -0.3 is 15.1 Å². The first-order chi connectivity index (χ1) is 12.5. The predicted molar refractivity (Wildman–Crippen MR) is 98.8 cm³/mol. The molecule has 0 saturated carbocycles. The second kappa shape index (κ2) is 6.53. The Bertz CT molecular complexity index is 948. The van der Waals surface area contributed by atoms with Gasteiger partial charge in [-0.25, -0.2) is 14.4 Å². The molecule has 1 fully saturated rings. The van der Waals surface area contributed by atoms with Crippen LogP contribution in [-0.4, -0.2) is 39.4 Å². The van der Waals surface area contributed by atoms with Gasteiger partial charge in [0.2, 0.25) is 0 Å². The third-order valence-corrected chi connectivity index (χ3v) is 4.81. The van der Waals surface area contributed by atoms with Crippen molar-refractivity contribution >= 4 is 16.7 Å². The molecule has 2 heterocycles. The Hall–Kier alpha value is -2.73. The number of piperidine rings is 1. The summed E-state index contributed by atoms with van der Waals surface area (Å²) >= 11 is 0. The zero-order chi connectivity index (χ0) is 18.3. The molecular weight excluding hydrogens is 333 g/mol. The van der Waals surface area contributed by atoms with E-state index in [9.17, 15) is 14.6 Å². The molecule has 2 N–H and O–H groups in total. The fourth-order valence-electron chi connectivity index (χ4n) is 3.39. The molecule has 0 spiro atoms. The highest BCUT2D eigenvalue weighted by molar-refractivity contribution is 5.92. The molecule has 6 heteroatoms. The zero-order valence-electron chi connectivity index (χ0n) is 14.5. The monoisotopic (exact) mass is 353 g/mol. The van der Waals surface area contributed by atoms with E-state index in [2.05, 4.69) is 14.9 Å². The Morgan fingerprint density at radius 3 is 2.62 bits per heavy atom. The van der Waals surface area contributed by atoms with Gasteiger partial charge in [0.05, 0.1) is 17.2 Å². The molecule has 0 aliphatic carbocycles. The average molecular weight is 353 g/mol. The van der Waals surface area contributed by atoms with Crippen molar-refractivity contribution in [3.05, 3.63) is 47.8 Å². The Morgan fingerprint density at radius 2 is 1.88 bits per heavy atom. The topological polar surface area (TPSA) is 69.5 Å². The number of anilines is 1. The molecular formula is C20H20FN3O2. The maximum atomic E-state index is 14.4. The molecule has 0 bridgehead atoms. The van der Waals surface area contributed by atoms with E-state index in [0.29, 0.717) is 37.3 Å². The molecule has 0 amide bonds. The van der Waals surface area contributed by atoms with E-state index in [1.165, 1.54) is 18.2 Å². The first-order valence-electron chi connectivity index (χ1n) is 8.72. The first kappa shape index (κ1) is 16.7. The SMILES string of the molecule is Cc1ccc2c(N3CCC(O)CC3)nc(-c3c(O)cccc3F)nc2c1. The number of hydrogen-bond acceptors (Lipinski definition) is 5. The van der Waals surface area contributed by atoms with E-state index < -0.39 is 5.82 Å². The molecule has 4 rings (SSSR count). The van der Waals surface area contributed by atoms with Gasteiger partial charge in [-0.15, -0.1) is 0 Å². The summed E-state index contributed by atoms with van der Waals surface area (Å²) in [6, 6.07) is 10.1. The zero-order valence-corrected chi connectivity index (χ0v) is 14.5. The number of aromatic hydroxyl groups is 1. The number of aliphatic hydroxyl groups excluding tert-OH is 1. The maximum absolute atomic E-state index is 14.4. The predicted octanol–water partition coefficient (Wildman–Crippen LogP) is 3.41. The molecule has 1 aliphatic heterocycles. The van der Waals surface area contributed by atoms with Gasteiger partial charge in [0, 0.05) is 18.5 Å². The summed E-state index contributed by atoms with van der Waals surface area (Å²) in [7, 11) is 0. The van der Waals surface area contributed by atoms with Crippen molar-refractivity contribution in [2.45, 2.75) is 25.9 Å². The van der Waals surface area contributed by atoms with Crippen molar-refractivity contribution in [2.75, 3.05) is 18.0 Å². The minimum Gasteiger partial charge on any atom is -0.507 e. The van der Waals surface area contributed by atoms with Gasteiger partial charge in [0.25, 0.3) is 0 Å². The van der Waals surface area contributed by atoms with Gasteiger partial charge in [0.15, 0.2) is 5.82 Å². The van der Waals surface area contributed by atoms with Crippen LogP contribution in [-0.2, 0) is 0 Å². The minimum atomic E-state index is -0.558. The van der Waals surface area contributed by atoms with Crippen molar-refractivity contribution in [1.29, 1.82) is 0 Å². The smallest absolute Gasteiger partial charge is 0.168 e. The van der Waals surface area contributed by atoms with E-state index in [1.54, 1.807) is 0 Å². The number of phenolic OH excluding ortho intramolecular Hbond substituents is 1. The molecule has 5 nitrogen and oxygen atoms in total. The lowest BCUT2D eigenvalue weighted by Crippen LogP contribution is -2.36. The molecule has 0 atom stereocenters. The standard InChI is InChI=1S/C20H20FN3O2/c1-12-5-6-14-16(11-12)22-19(18-15(21)3-2-4-17(18)26)23-20(14)24-9-7-13(25)8-10-24/h2-6,11,13,25-26H,7-10H2,1H3. The van der Waals surface area contributed by atoms with Crippen LogP contribution in [0.3, 0.4) is 0 Å². The maximum Gasteiger partial charge on any atom is 0.168 e. The van der Waals surface area contributed by atoms with Crippen molar-refractivity contribution < 1.29 is 14.6 Å². The molecule has 0 unspecified atom stereocenters. The van der Waals surface area contributed by atoms with Crippen LogP contribution >= 0.6 is 0 Å². The number of benzene rings is 2. The fraction of sp³-hybridized carbons (Fsp3) is 0.300. The Labute approximate surface area is 150 Å². The van der Waals surface area contributed by atoms with Crippen LogP contribution in [0.15, 0.2) is 36.4 Å². The third-order valence-electron chi connectivity index (χ3n) is 4.81. The highest BCUT2D eigenvalue weighted by Crippen LogP contribution is 2.34. The number of fused-ring (bicyclic) bond motifs is 1. The minimum absolute atomic E-state index is 0.00852. The van der Waals surface area contributed by atoms with E-state index in [1.807, 2.05) is 25.1 Å². The summed E-state index contributed by atoms with van der Waals surface area (Å²) < 4.78 is 14.4. The third kappa shape index (κ3) is 2.97. The van der Waals surface area contributed by atoms with Crippen LogP contribution in [0.5, 0.6) is 5.75 Å². The number of halogens is 1. The first-order valence-corrected chi connectivity index (χ1v) is 8.72. The summed E-state index contributed by atoms with van der Waals surface area (Å²) in [5, 5.41) is 20.8. The number of aromatic nitrogens is 2. The van der Waals surface area contributed by atoms with Crippen LogP contribution in [0, 0.1) is 12.7 Å². The Morgan fingerprint density at radius 1 is 1.12 bits per heavy atom. The van der Waals surface area contributed by atoms with E-state index >= 15 is 0 Å². The molecule has 0 radical (unpaired) electrons. The lowest BCUT2D eigenvalue weighted by Gasteiger charge is -2.31. The second-order valence-electron chi connectivity index (χ2n) is 6.74. The molecule has 26 heavy (non-hydrogen) atoms. The van der Waals surface area contributed by atoms with Gasteiger partial charge in [-0.1, -0.05) is 12.1 Å². The van der Waals surface area contributed by atoms with Crippen LogP contribution in [0.25, 0.3) is 22.3 Å². The van der Waals surface area contributed by atoms with E-state index in [0.717, 1.165) is 10.9 Å². The summed E-state index contributed by atoms with van der Waals surface area (Å²) in [5.74, 6) is 0.133. The molecule has 1 aliphatic rings. The fourth-order valence-corrected chi connectivity index (χ4v) is 3.39. The second-order valence-corrected chi connectivity index (χ2v) is 6.74. The van der Waals surface area contributed by atoms with Gasteiger partial charge >= 0.3 is 0 Å². The lowest BCUT2D eigenvalue weighted by atomic mass is 10.1. The quantitative estimate of drug-likeness (QED) is 0.739. The number of aliphatic hydroxyl groups is 1. The number of nitrogens with zero attached hydrogens (tertiary/aromatic N) is 3. The molecule has 3 aromatic rings. The Balaban J connectivity index is 1.92. The van der Waals surface area contributed by atoms with E-state index in [4.69, 9.17) is 0 Å². The summed E-state index contributed by atoms with van der Waals surface area (Å²) in [5.41, 5.74) is 1.76. The summed E-state index contributed by atoms with van der Waals surface area (Å²) in [6.07, 6.45) is 1.03. The number of rotatable bonds is 2. The molecule has 1 saturated heterocycles. The summed E-state index contributed by atoms with van der Waals surface area (Å²) in [4.78, 5) is 11.2. The molecule has 1 aromatic heterocycles. The number of hydrogen-bond donors (Lipinski definition) is 2.